The van der Waals surface area contributed by atoms with Crippen LogP contribution in [0, 0.1) is 6.92 Å². The summed E-state index contributed by atoms with van der Waals surface area (Å²) in [7, 11) is 1.47. The molecule has 0 aromatic carbocycles. The highest BCUT2D eigenvalue weighted by molar-refractivity contribution is 7.86. The van der Waals surface area contributed by atoms with Gasteiger partial charge in [-0.2, -0.15) is 17.0 Å². The zero-order chi connectivity index (χ0) is 14.9. The van der Waals surface area contributed by atoms with E-state index in [0.717, 1.165) is 18.5 Å². The lowest BCUT2D eigenvalue weighted by molar-refractivity contribution is 0.357. The molecular formula is C12H21N5O2S. The third-order valence-electron chi connectivity index (χ3n) is 3.42. The molecule has 1 aromatic heterocycles. The van der Waals surface area contributed by atoms with Crippen molar-refractivity contribution in [1.29, 1.82) is 0 Å². The lowest BCUT2D eigenvalue weighted by Crippen LogP contribution is -2.39. The highest BCUT2D eigenvalue weighted by atomic mass is 32.2. The van der Waals surface area contributed by atoms with Gasteiger partial charge in [0.2, 0.25) is 0 Å². The van der Waals surface area contributed by atoms with E-state index < -0.39 is 10.2 Å². The second kappa shape index (κ2) is 5.63. The smallest absolute Gasteiger partial charge is 0.282 e. The van der Waals surface area contributed by atoms with Gasteiger partial charge in [0.05, 0.1) is 11.7 Å². The second-order valence-corrected chi connectivity index (χ2v) is 7.13. The lowest BCUT2D eigenvalue weighted by atomic mass is 10.1. The third kappa shape index (κ3) is 2.77. The third-order valence-corrected chi connectivity index (χ3v) is 5.37. The van der Waals surface area contributed by atoms with Crippen LogP contribution < -0.4 is 5.32 Å². The summed E-state index contributed by atoms with van der Waals surface area (Å²) in [6.07, 6.45) is 1.63. The molecule has 1 saturated heterocycles. The Kier molecular flexibility index (Phi) is 4.26. The van der Waals surface area contributed by atoms with Gasteiger partial charge in [0.15, 0.2) is 0 Å². The molecular weight excluding hydrogens is 278 g/mol. The van der Waals surface area contributed by atoms with Crippen LogP contribution in [0.2, 0.25) is 0 Å². The van der Waals surface area contributed by atoms with E-state index in [9.17, 15) is 8.42 Å². The Hall–Kier alpha value is -1.25. The van der Waals surface area contributed by atoms with Gasteiger partial charge < -0.3 is 5.32 Å². The average molecular weight is 299 g/mol. The fraction of sp³-hybridized carbons (Fsp3) is 0.667. The Morgan fingerprint density at radius 1 is 1.40 bits per heavy atom. The van der Waals surface area contributed by atoms with Crippen molar-refractivity contribution in [2.75, 3.05) is 33.0 Å². The van der Waals surface area contributed by atoms with E-state index in [4.69, 9.17) is 0 Å². The van der Waals surface area contributed by atoms with Crippen molar-refractivity contribution >= 4 is 16.0 Å². The average Bonchev–Trinajstić information content (AvgIpc) is 2.87. The lowest BCUT2D eigenvalue weighted by Gasteiger charge is -2.26. The maximum atomic E-state index is 12.3. The topological polar surface area (TPSA) is 78.4 Å². The minimum absolute atomic E-state index is 0.212. The molecule has 0 unspecified atom stereocenters. The fourth-order valence-corrected chi connectivity index (χ4v) is 3.73. The van der Waals surface area contributed by atoms with Gasteiger partial charge in [-0.1, -0.05) is 0 Å². The van der Waals surface area contributed by atoms with Crippen molar-refractivity contribution < 1.29 is 8.42 Å². The van der Waals surface area contributed by atoms with Crippen LogP contribution >= 0.6 is 0 Å². The molecule has 2 heterocycles. The molecule has 0 aliphatic carbocycles. The van der Waals surface area contributed by atoms with Crippen LogP contribution in [0.15, 0.2) is 6.07 Å². The first-order chi connectivity index (χ1) is 9.36. The van der Waals surface area contributed by atoms with Crippen molar-refractivity contribution in [3.63, 3.8) is 0 Å². The van der Waals surface area contributed by atoms with Gasteiger partial charge in [0.1, 0.15) is 11.6 Å². The summed E-state index contributed by atoms with van der Waals surface area (Å²) in [4.78, 5) is 8.66. The van der Waals surface area contributed by atoms with Gasteiger partial charge in [0, 0.05) is 33.8 Å². The summed E-state index contributed by atoms with van der Waals surface area (Å²) >= 11 is 0. The van der Waals surface area contributed by atoms with Gasteiger partial charge in [-0.25, -0.2) is 9.97 Å². The Morgan fingerprint density at radius 3 is 2.70 bits per heavy atom. The van der Waals surface area contributed by atoms with Crippen LogP contribution in [0.25, 0.3) is 0 Å². The fourth-order valence-electron chi connectivity index (χ4n) is 2.41. The van der Waals surface area contributed by atoms with E-state index in [1.165, 1.54) is 8.61 Å². The first kappa shape index (κ1) is 15.1. The Balaban J connectivity index is 2.39. The van der Waals surface area contributed by atoms with Gasteiger partial charge in [-0.3, -0.25) is 0 Å². The number of anilines is 1. The molecule has 0 saturated carbocycles. The minimum atomic E-state index is -3.42. The van der Waals surface area contributed by atoms with Crippen molar-refractivity contribution in [2.45, 2.75) is 25.8 Å². The predicted molar refractivity (Wildman–Crippen MR) is 77.6 cm³/mol. The highest BCUT2D eigenvalue weighted by Gasteiger charge is 2.37. The number of hydrogen-bond acceptors (Lipinski definition) is 5. The molecule has 1 aromatic rings. The number of nitrogens with zero attached hydrogens (tertiary/aromatic N) is 4. The van der Waals surface area contributed by atoms with Crippen LogP contribution in [0.4, 0.5) is 5.82 Å². The number of aromatic nitrogens is 2. The molecule has 0 amide bonds. The molecule has 1 aliphatic heterocycles. The monoisotopic (exact) mass is 299 g/mol. The summed E-state index contributed by atoms with van der Waals surface area (Å²) in [5, 5.41) is 2.98. The SMILES string of the molecule is CNc1cc([C@H]2CCCN2S(=O)(=O)N(C)C)nc(C)n1. The van der Waals surface area contributed by atoms with Crippen LogP contribution in [-0.4, -0.2) is 54.7 Å². The van der Waals surface area contributed by atoms with Crippen LogP contribution in [0.5, 0.6) is 0 Å². The van der Waals surface area contributed by atoms with Crippen molar-refractivity contribution in [1.82, 2.24) is 18.6 Å². The standard InChI is InChI=1S/C12H21N5O2S/c1-9-14-10(8-12(13-2)15-9)11-6-5-7-17(11)20(18,19)16(3)4/h8,11H,5-7H2,1-4H3,(H,13,14,15)/t11-/m1/s1. The molecule has 1 fully saturated rings. The van der Waals surface area contributed by atoms with Gasteiger partial charge in [-0.15, -0.1) is 0 Å². The molecule has 0 bridgehead atoms. The molecule has 112 valence electrons. The maximum absolute atomic E-state index is 12.3. The van der Waals surface area contributed by atoms with E-state index in [0.29, 0.717) is 18.2 Å². The predicted octanol–water partition coefficient (Wildman–Crippen LogP) is 0.770. The van der Waals surface area contributed by atoms with Crippen LogP contribution in [0.1, 0.15) is 30.4 Å². The molecule has 1 aliphatic rings. The van der Waals surface area contributed by atoms with Gasteiger partial charge in [0.25, 0.3) is 10.2 Å². The van der Waals surface area contributed by atoms with Crippen molar-refractivity contribution in [3.8, 4) is 0 Å². The molecule has 8 heteroatoms. The van der Waals surface area contributed by atoms with E-state index in [1.54, 1.807) is 21.1 Å². The van der Waals surface area contributed by atoms with Gasteiger partial charge in [-0.05, 0) is 19.8 Å². The maximum Gasteiger partial charge on any atom is 0.282 e. The Morgan fingerprint density at radius 2 is 2.10 bits per heavy atom. The second-order valence-electron chi connectivity index (χ2n) is 5.03. The Bertz CT molecular complexity index is 588. The summed E-state index contributed by atoms with van der Waals surface area (Å²) in [6.45, 7) is 2.34. The number of hydrogen-bond donors (Lipinski definition) is 1. The molecule has 1 N–H and O–H groups in total. The summed E-state index contributed by atoms with van der Waals surface area (Å²) < 4.78 is 27.5. The summed E-state index contributed by atoms with van der Waals surface area (Å²) in [5.74, 6) is 1.35. The highest BCUT2D eigenvalue weighted by Crippen LogP contribution is 2.34. The quantitative estimate of drug-likeness (QED) is 0.888. The van der Waals surface area contributed by atoms with E-state index in [2.05, 4.69) is 15.3 Å². The van der Waals surface area contributed by atoms with E-state index in [1.807, 2.05) is 13.0 Å². The number of aryl methyl sites for hydroxylation is 1. The molecule has 1 atom stereocenters. The molecule has 7 nitrogen and oxygen atoms in total. The normalized spacial score (nSPS) is 20.6. The number of nitrogens with one attached hydrogen (secondary N) is 1. The first-order valence-corrected chi connectivity index (χ1v) is 7.98. The minimum Gasteiger partial charge on any atom is -0.373 e. The Labute approximate surface area is 120 Å². The molecule has 2 rings (SSSR count). The number of rotatable bonds is 4. The molecule has 0 radical (unpaired) electrons. The van der Waals surface area contributed by atoms with E-state index in [-0.39, 0.29) is 6.04 Å². The zero-order valence-corrected chi connectivity index (χ0v) is 13.1. The van der Waals surface area contributed by atoms with E-state index >= 15 is 0 Å². The van der Waals surface area contributed by atoms with Crippen molar-refractivity contribution in [3.05, 3.63) is 17.6 Å². The summed E-state index contributed by atoms with van der Waals surface area (Å²) in [5.41, 5.74) is 0.754. The van der Waals surface area contributed by atoms with Gasteiger partial charge >= 0.3 is 0 Å². The van der Waals surface area contributed by atoms with Crippen molar-refractivity contribution in [2.24, 2.45) is 0 Å². The zero-order valence-electron chi connectivity index (χ0n) is 12.3. The van der Waals surface area contributed by atoms with Crippen LogP contribution in [0.3, 0.4) is 0 Å². The summed E-state index contributed by atoms with van der Waals surface area (Å²) in [6, 6.07) is 1.61. The first-order valence-electron chi connectivity index (χ1n) is 6.59. The molecule has 0 spiro atoms. The largest absolute Gasteiger partial charge is 0.373 e. The van der Waals surface area contributed by atoms with Crippen LogP contribution in [-0.2, 0) is 10.2 Å². The molecule has 20 heavy (non-hydrogen) atoms.